The Morgan fingerprint density at radius 3 is 2.41 bits per heavy atom. The third-order valence-electron chi connectivity index (χ3n) is 4.09. The number of Topliss-reactive ketones (excluding diaryl/α,β-unsaturated/α-hetero) is 1. The highest BCUT2D eigenvalue weighted by Gasteiger charge is 2.12. The number of aryl methyl sites for hydroxylation is 1. The van der Waals surface area contributed by atoms with E-state index in [4.69, 9.17) is 4.42 Å². The smallest absolute Gasteiger partial charge is 0.277 e. The van der Waals surface area contributed by atoms with Gasteiger partial charge in [-0.25, -0.2) is 13.1 Å². The first-order chi connectivity index (χ1) is 13.8. The molecule has 0 amide bonds. The Morgan fingerprint density at radius 2 is 1.76 bits per heavy atom. The summed E-state index contributed by atoms with van der Waals surface area (Å²) >= 11 is 1.20. The molecular formula is C20H21N3O4S2. The Balaban J connectivity index is 1.52. The van der Waals surface area contributed by atoms with E-state index in [1.807, 2.05) is 43.3 Å². The van der Waals surface area contributed by atoms with Crippen molar-refractivity contribution in [1.29, 1.82) is 0 Å². The van der Waals surface area contributed by atoms with E-state index in [0.717, 1.165) is 22.9 Å². The minimum Gasteiger partial charge on any atom is -0.411 e. The first kappa shape index (κ1) is 21.2. The van der Waals surface area contributed by atoms with E-state index in [-0.39, 0.29) is 11.5 Å². The molecule has 0 radical (unpaired) electrons. The van der Waals surface area contributed by atoms with Gasteiger partial charge in [0.25, 0.3) is 5.22 Å². The number of carbonyl (C=O) groups is 1. The molecule has 0 unspecified atom stereocenters. The van der Waals surface area contributed by atoms with Crippen LogP contribution in [0.25, 0.3) is 11.5 Å². The van der Waals surface area contributed by atoms with Crippen molar-refractivity contribution in [3.05, 3.63) is 65.2 Å². The van der Waals surface area contributed by atoms with Gasteiger partial charge in [0, 0.05) is 17.7 Å². The van der Waals surface area contributed by atoms with E-state index >= 15 is 0 Å². The second kappa shape index (κ2) is 9.34. The summed E-state index contributed by atoms with van der Waals surface area (Å²) in [6.45, 7) is 2.33. The molecule has 29 heavy (non-hydrogen) atoms. The lowest BCUT2D eigenvalue weighted by Gasteiger charge is -2.04. The molecule has 1 aromatic heterocycles. The van der Waals surface area contributed by atoms with Gasteiger partial charge in [0.05, 0.1) is 12.0 Å². The van der Waals surface area contributed by atoms with Gasteiger partial charge in [0.2, 0.25) is 15.9 Å². The Bertz CT molecular complexity index is 1080. The maximum absolute atomic E-state index is 12.4. The van der Waals surface area contributed by atoms with Crippen molar-refractivity contribution in [3.63, 3.8) is 0 Å². The van der Waals surface area contributed by atoms with Gasteiger partial charge in [0.15, 0.2) is 5.78 Å². The lowest BCUT2D eigenvalue weighted by molar-refractivity contribution is 0.102. The first-order valence-corrected chi connectivity index (χ1v) is 11.8. The molecule has 0 saturated carbocycles. The van der Waals surface area contributed by atoms with Crippen molar-refractivity contribution in [2.24, 2.45) is 0 Å². The molecule has 3 aromatic rings. The summed E-state index contributed by atoms with van der Waals surface area (Å²) in [5, 5.41) is 8.36. The highest BCUT2D eigenvalue weighted by molar-refractivity contribution is 7.99. The lowest BCUT2D eigenvalue weighted by atomic mass is 10.1. The van der Waals surface area contributed by atoms with E-state index in [2.05, 4.69) is 14.9 Å². The van der Waals surface area contributed by atoms with Gasteiger partial charge in [-0.1, -0.05) is 53.7 Å². The van der Waals surface area contributed by atoms with Crippen LogP contribution in [0.1, 0.15) is 21.5 Å². The van der Waals surface area contributed by atoms with E-state index in [1.165, 1.54) is 11.8 Å². The lowest BCUT2D eigenvalue weighted by Crippen LogP contribution is -2.24. The second-order valence-electron chi connectivity index (χ2n) is 6.56. The van der Waals surface area contributed by atoms with Crippen LogP contribution < -0.4 is 4.72 Å². The number of sulfonamides is 1. The highest BCUT2D eigenvalue weighted by atomic mass is 32.2. The maximum Gasteiger partial charge on any atom is 0.277 e. The molecule has 0 saturated heterocycles. The zero-order chi connectivity index (χ0) is 20.9. The van der Waals surface area contributed by atoms with Crippen LogP contribution in [-0.2, 0) is 16.4 Å². The normalized spacial score (nSPS) is 11.5. The predicted octanol–water partition coefficient (Wildman–Crippen LogP) is 3.11. The van der Waals surface area contributed by atoms with Gasteiger partial charge >= 0.3 is 0 Å². The van der Waals surface area contributed by atoms with Crippen LogP contribution in [-0.4, -0.2) is 43.0 Å². The highest BCUT2D eigenvalue weighted by Crippen LogP contribution is 2.24. The minimum atomic E-state index is -3.19. The van der Waals surface area contributed by atoms with E-state index in [0.29, 0.717) is 29.6 Å². The number of hydrogen-bond donors (Lipinski definition) is 1. The number of carbonyl (C=O) groups excluding carboxylic acids is 1. The Labute approximate surface area is 174 Å². The molecule has 3 rings (SSSR count). The molecule has 1 heterocycles. The van der Waals surface area contributed by atoms with Crippen LogP contribution in [0.15, 0.2) is 58.2 Å². The van der Waals surface area contributed by atoms with E-state index in [1.54, 1.807) is 12.1 Å². The maximum atomic E-state index is 12.4. The number of nitrogens with zero attached hydrogens (tertiary/aromatic N) is 2. The molecule has 152 valence electrons. The zero-order valence-corrected chi connectivity index (χ0v) is 17.7. The predicted molar refractivity (Wildman–Crippen MR) is 113 cm³/mol. The average Bonchev–Trinajstić information content (AvgIpc) is 3.15. The molecule has 9 heteroatoms. The van der Waals surface area contributed by atoms with E-state index < -0.39 is 10.0 Å². The summed E-state index contributed by atoms with van der Waals surface area (Å²) in [4.78, 5) is 12.4. The molecule has 1 N–H and O–H groups in total. The van der Waals surface area contributed by atoms with Crippen molar-refractivity contribution in [3.8, 4) is 11.5 Å². The Morgan fingerprint density at radius 1 is 1.07 bits per heavy atom. The summed E-state index contributed by atoms with van der Waals surface area (Å²) in [6.07, 6.45) is 1.68. The van der Waals surface area contributed by atoms with Gasteiger partial charge in [-0.05, 0) is 31.0 Å². The summed E-state index contributed by atoms with van der Waals surface area (Å²) < 4.78 is 30.2. The third-order valence-corrected chi connectivity index (χ3v) is 5.63. The molecule has 0 aliphatic carbocycles. The van der Waals surface area contributed by atoms with Crippen LogP contribution in [0.4, 0.5) is 0 Å². The van der Waals surface area contributed by atoms with Crippen molar-refractivity contribution in [1.82, 2.24) is 14.9 Å². The summed E-state index contributed by atoms with van der Waals surface area (Å²) in [5.41, 5.74) is 3.51. The monoisotopic (exact) mass is 431 g/mol. The van der Waals surface area contributed by atoms with Crippen LogP contribution in [0, 0.1) is 6.92 Å². The molecular weight excluding hydrogens is 410 g/mol. The molecule has 0 spiro atoms. The SMILES string of the molecule is Cc1ccc(-c2nnc(SCC(=O)c3ccc(CCNS(C)(=O)=O)cc3)o2)cc1. The topological polar surface area (TPSA) is 102 Å². The van der Waals surface area contributed by atoms with Gasteiger partial charge in [-0.3, -0.25) is 4.79 Å². The molecule has 0 fully saturated rings. The van der Waals surface area contributed by atoms with Crippen molar-refractivity contribution >= 4 is 27.6 Å². The van der Waals surface area contributed by atoms with Crippen molar-refractivity contribution in [2.75, 3.05) is 18.6 Å². The van der Waals surface area contributed by atoms with Gasteiger partial charge < -0.3 is 4.42 Å². The number of hydrogen-bond acceptors (Lipinski definition) is 7. The number of ketones is 1. The number of aromatic nitrogens is 2. The van der Waals surface area contributed by atoms with Gasteiger partial charge in [0.1, 0.15) is 0 Å². The summed E-state index contributed by atoms with van der Waals surface area (Å²) in [5.74, 6) is 0.558. The number of thioether (sulfide) groups is 1. The second-order valence-corrected chi connectivity index (χ2v) is 9.32. The van der Waals surface area contributed by atoms with Crippen molar-refractivity contribution in [2.45, 2.75) is 18.6 Å². The van der Waals surface area contributed by atoms with Crippen LogP contribution >= 0.6 is 11.8 Å². The van der Waals surface area contributed by atoms with Gasteiger partial charge in [-0.15, -0.1) is 10.2 Å². The standard InChI is InChI=1S/C20H21N3O4S2/c1-14-3-7-17(8-4-14)19-22-23-20(27-19)28-13-18(24)16-9-5-15(6-10-16)11-12-21-29(2,25)26/h3-10,21H,11-13H2,1-2H3. The fourth-order valence-corrected chi connectivity index (χ4v) is 3.66. The molecule has 0 aliphatic heterocycles. The fraction of sp³-hybridized carbons (Fsp3) is 0.250. The molecule has 2 aromatic carbocycles. The quantitative estimate of drug-likeness (QED) is 0.410. The summed E-state index contributed by atoms with van der Waals surface area (Å²) in [6, 6.07) is 14.9. The Hall–Kier alpha value is -2.49. The van der Waals surface area contributed by atoms with Crippen LogP contribution in [0.2, 0.25) is 0 Å². The summed E-state index contributed by atoms with van der Waals surface area (Å²) in [7, 11) is -3.19. The number of benzene rings is 2. The fourth-order valence-electron chi connectivity index (χ4n) is 2.53. The van der Waals surface area contributed by atoms with Crippen LogP contribution in [0.5, 0.6) is 0 Å². The largest absolute Gasteiger partial charge is 0.411 e. The van der Waals surface area contributed by atoms with Gasteiger partial charge in [-0.2, -0.15) is 0 Å². The van der Waals surface area contributed by atoms with Crippen molar-refractivity contribution < 1.29 is 17.6 Å². The van der Waals surface area contributed by atoms with Crippen LogP contribution in [0.3, 0.4) is 0 Å². The first-order valence-electron chi connectivity index (χ1n) is 8.90. The zero-order valence-electron chi connectivity index (χ0n) is 16.1. The minimum absolute atomic E-state index is 0.0501. The molecule has 0 bridgehead atoms. The molecule has 7 nitrogen and oxygen atoms in total. The Kier molecular flexibility index (Phi) is 6.83. The average molecular weight is 432 g/mol. The third kappa shape index (κ3) is 6.52. The van der Waals surface area contributed by atoms with E-state index in [9.17, 15) is 13.2 Å². The number of rotatable bonds is 9. The molecule has 0 atom stereocenters. The molecule has 0 aliphatic rings. The number of nitrogens with one attached hydrogen (secondary N) is 1.